The summed E-state index contributed by atoms with van der Waals surface area (Å²) >= 11 is 3.41. The predicted molar refractivity (Wildman–Crippen MR) is 126 cm³/mol. The molecule has 10 nitrogen and oxygen atoms in total. The fourth-order valence-corrected chi connectivity index (χ4v) is 6.31. The van der Waals surface area contributed by atoms with Gasteiger partial charge in [0.15, 0.2) is 11.8 Å². The van der Waals surface area contributed by atoms with E-state index in [4.69, 9.17) is 11.5 Å². The SMILES string of the molecule is CN(C)CCN(C1(C(=O)O)CCCC1)S(=O)(=O)c1ccc2c(Br)cnc(N=C(N)N)c2c1. The van der Waals surface area contributed by atoms with E-state index in [1.54, 1.807) is 6.07 Å². The Hall–Kier alpha value is -2.28. The first-order valence-electron chi connectivity index (χ1n) is 10.1. The second-order valence-electron chi connectivity index (χ2n) is 8.10. The number of fused-ring (bicyclic) bond motifs is 1. The van der Waals surface area contributed by atoms with Crippen LogP contribution < -0.4 is 11.5 Å². The molecule has 1 aliphatic rings. The molecule has 1 aromatic heterocycles. The number of hydrogen-bond donors (Lipinski definition) is 3. The number of nitrogens with two attached hydrogens (primary N) is 2. The summed E-state index contributed by atoms with van der Waals surface area (Å²) < 4.78 is 29.5. The summed E-state index contributed by atoms with van der Waals surface area (Å²) in [4.78, 5) is 22.3. The molecule has 0 spiro atoms. The van der Waals surface area contributed by atoms with Crippen molar-refractivity contribution in [2.45, 2.75) is 36.1 Å². The molecule has 12 heteroatoms. The van der Waals surface area contributed by atoms with E-state index >= 15 is 0 Å². The zero-order valence-electron chi connectivity index (χ0n) is 18.0. The van der Waals surface area contributed by atoms with Crippen molar-refractivity contribution in [1.82, 2.24) is 14.2 Å². The van der Waals surface area contributed by atoms with Crippen LogP contribution in [0, 0.1) is 0 Å². The standard InChI is InChI=1S/C20H27BrN6O4S/c1-26(2)9-10-27(20(18(28)29)7-3-4-8-20)32(30,31)13-5-6-14-15(11-13)17(25-19(22)23)24-12-16(14)21/h5-6,11-12H,3-4,7-10H2,1-2H3,(H,28,29)(H4,22,23,24,25). The van der Waals surface area contributed by atoms with E-state index in [0.717, 1.165) is 4.31 Å². The number of benzene rings is 1. The molecule has 2 aromatic rings. The van der Waals surface area contributed by atoms with Gasteiger partial charge >= 0.3 is 5.97 Å². The van der Waals surface area contributed by atoms with E-state index in [1.165, 1.54) is 18.3 Å². The van der Waals surface area contributed by atoms with Crippen molar-refractivity contribution < 1.29 is 18.3 Å². The maximum atomic E-state index is 13.8. The van der Waals surface area contributed by atoms with Crippen LogP contribution in [0.1, 0.15) is 25.7 Å². The van der Waals surface area contributed by atoms with Crippen molar-refractivity contribution in [3.8, 4) is 0 Å². The molecule has 0 unspecified atom stereocenters. The van der Waals surface area contributed by atoms with Gasteiger partial charge < -0.3 is 21.5 Å². The highest BCUT2D eigenvalue weighted by atomic mass is 79.9. The lowest BCUT2D eigenvalue weighted by molar-refractivity contribution is -0.148. The number of aliphatic carboxylic acids is 1. The van der Waals surface area contributed by atoms with E-state index in [-0.39, 0.29) is 36.1 Å². The number of carbonyl (C=O) groups is 1. The Labute approximate surface area is 195 Å². The van der Waals surface area contributed by atoms with Crippen LogP contribution in [0.2, 0.25) is 0 Å². The smallest absolute Gasteiger partial charge is 0.325 e. The monoisotopic (exact) mass is 526 g/mol. The van der Waals surface area contributed by atoms with Crippen molar-refractivity contribution in [1.29, 1.82) is 0 Å². The number of guanidine groups is 1. The molecule has 32 heavy (non-hydrogen) atoms. The Morgan fingerprint density at radius 2 is 1.88 bits per heavy atom. The number of rotatable bonds is 8. The first kappa shape index (κ1) is 24.4. The van der Waals surface area contributed by atoms with Crippen LogP contribution in [-0.2, 0) is 14.8 Å². The molecule has 0 atom stereocenters. The maximum Gasteiger partial charge on any atom is 0.325 e. The van der Waals surface area contributed by atoms with Gasteiger partial charge in [0.25, 0.3) is 0 Å². The normalized spacial score (nSPS) is 16.0. The molecule has 0 amide bonds. The molecule has 1 aromatic carbocycles. The Morgan fingerprint density at radius 1 is 1.22 bits per heavy atom. The lowest BCUT2D eigenvalue weighted by Gasteiger charge is -2.37. The molecule has 0 saturated heterocycles. The molecule has 5 N–H and O–H groups in total. The molecule has 3 rings (SSSR count). The minimum atomic E-state index is -4.16. The van der Waals surface area contributed by atoms with Gasteiger partial charge in [0.1, 0.15) is 5.54 Å². The third-order valence-electron chi connectivity index (χ3n) is 5.67. The quantitative estimate of drug-likeness (QED) is 0.347. The minimum Gasteiger partial charge on any atom is -0.480 e. The number of likely N-dealkylation sites (N-methyl/N-ethyl adjacent to an activating group) is 1. The third-order valence-corrected chi connectivity index (χ3v) is 8.26. The summed E-state index contributed by atoms with van der Waals surface area (Å²) in [6, 6.07) is 4.54. The van der Waals surface area contributed by atoms with Crippen LogP contribution in [0.3, 0.4) is 0 Å². The van der Waals surface area contributed by atoms with Crippen molar-refractivity contribution in [2.24, 2.45) is 16.5 Å². The summed E-state index contributed by atoms with van der Waals surface area (Å²) in [6.07, 6.45) is 3.39. The predicted octanol–water partition coefficient (Wildman–Crippen LogP) is 1.85. The van der Waals surface area contributed by atoms with Gasteiger partial charge in [-0.3, -0.25) is 4.79 Å². The van der Waals surface area contributed by atoms with Gasteiger partial charge in [-0.25, -0.2) is 13.4 Å². The lowest BCUT2D eigenvalue weighted by Crippen LogP contribution is -2.56. The van der Waals surface area contributed by atoms with E-state index < -0.39 is 21.5 Å². The minimum absolute atomic E-state index is 0.0387. The summed E-state index contributed by atoms with van der Waals surface area (Å²) in [5.74, 6) is -1.16. The van der Waals surface area contributed by atoms with Crippen LogP contribution in [0.4, 0.5) is 5.82 Å². The topological polar surface area (TPSA) is 155 Å². The molecule has 1 aliphatic carbocycles. The van der Waals surface area contributed by atoms with E-state index in [2.05, 4.69) is 25.9 Å². The zero-order chi connectivity index (χ0) is 23.7. The summed E-state index contributed by atoms with van der Waals surface area (Å²) in [7, 11) is -0.535. The van der Waals surface area contributed by atoms with E-state index in [9.17, 15) is 18.3 Å². The molecule has 174 valence electrons. The largest absolute Gasteiger partial charge is 0.480 e. The highest BCUT2D eigenvalue weighted by molar-refractivity contribution is 9.10. The highest BCUT2D eigenvalue weighted by Gasteiger charge is 2.51. The number of sulfonamides is 1. The van der Waals surface area contributed by atoms with Gasteiger partial charge in [0.05, 0.1) is 4.90 Å². The first-order valence-corrected chi connectivity index (χ1v) is 12.3. The molecule has 1 saturated carbocycles. The fraction of sp³-hybridized carbons (Fsp3) is 0.450. The van der Waals surface area contributed by atoms with Gasteiger partial charge in [-0.2, -0.15) is 9.30 Å². The lowest BCUT2D eigenvalue weighted by atomic mass is 9.98. The van der Waals surface area contributed by atoms with Crippen LogP contribution >= 0.6 is 15.9 Å². The first-order chi connectivity index (χ1) is 15.0. The Kier molecular flexibility index (Phi) is 7.08. The second kappa shape index (κ2) is 9.30. The molecule has 0 aliphatic heterocycles. The average Bonchev–Trinajstić information content (AvgIpc) is 3.20. The number of carboxylic acids is 1. The number of nitrogens with zero attached hydrogens (tertiary/aromatic N) is 4. The van der Waals surface area contributed by atoms with Crippen LogP contribution in [-0.4, -0.2) is 72.4 Å². The number of pyridine rings is 1. The molecular formula is C20H27BrN6O4S. The van der Waals surface area contributed by atoms with E-state index in [1.807, 2.05) is 19.0 Å². The molecule has 0 bridgehead atoms. The number of carboxylic acid groups (broad SMARTS) is 1. The van der Waals surface area contributed by atoms with Crippen molar-refractivity contribution in [3.63, 3.8) is 0 Å². The Morgan fingerprint density at radius 3 is 2.44 bits per heavy atom. The van der Waals surface area contributed by atoms with Crippen molar-refractivity contribution in [2.75, 3.05) is 27.2 Å². The zero-order valence-corrected chi connectivity index (χ0v) is 20.4. The van der Waals surface area contributed by atoms with Gasteiger partial charge in [0.2, 0.25) is 10.0 Å². The fourth-order valence-electron chi connectivity index (χ4n) is 4.06. The molecule has 1 fully saturated rings. The van der Waals surface area contributed by atoms with Crippen LogP contribution in [0.5, 0.6) is 0 Å². The summed E-state index contributed by atoms with van der Waals surface area (Å²) in [5, 5.41) is 11.2. The van der Waals surface area contributed by atoms with Crippen LogP contribution in [0.25, 0.3) is 10.8 Å². The maximum absolute atomic E-state index is 13.8. The third kappa shape index (κ3) is 4.58. The van der Waals surface area contributed by atoms with Gasteiger partial charge in [-0.15, -0.1) is 0 Å². The van der Waals surface area contributed by atoms with Gasteiger partial charge in [0, 0.05) is 34.5 Å². The van der Waals surface area contributed by atoms with Crippen molar-refractivity contribution in [3.05, 3.63) is 28.9 Å². The number of halogens is 1. The summed E-state index contributed by atoms with van der Waals surface area (Å²) in [6.45, 7) is 0.436. The van der Waals surface area contributed by atoms with E-state index in [0.29, 0.717) is 34.6 Å². The molecule has 0 radical (unpaired) electrons. The average molecular weight is 527 g/mol. The van der Waals surface area contributed by atoms with Gasteiger partial charge in [-0.1, -0.05) is 18.9 Å². The highest BCUT2D eigenvalue weighted by Crippen LogP contribution is 2.40. The number of aromatic nitrogens is 1. The number of aliphatic imine (C=N–C) groups is 1. The Bertz CT molecular complexity index is 1160. The molecular weight excluding hydrogens is 500 g/mol. The second-order valence-corrected chi connectivity index (χ2v) is 10.8. The van der Waals surface area contributed by atoms with Gasteiger partial charge in [-0.05, 0) is 55.0 Å². The molecule has 1 heterocycles. The van der Waals surface area contributed by atoms with Crippen molar-refractivity contribution >= 4 is 54.5 Å². The van der Waals surface area contributed by atoms with Crippen LogP contribution in [0.15, 0.2) is 38.8 Å². The Balaban J connectivity index is 2.20. The summed E-state index contributed by atoms with van der Waals surface area (Å²) in [5.41, 5.74) is 9.54. The number of hydrogen-bond acceptors (Lipinski definition) is 6.